The van der Waals surface area contributed by atoms with E-state index in [1.807, 2.05) is 55.5 Å². The van der Waals surface area contributed by atoms with Crippen molar-refractivity contribution < 1.29 is 9.53 Å². The number of nitrogens with one attached hydrogen (secondary N) is 1. The third-order valence-electron chi connectivity index (χ3n) is 3.68. The highest BCUT2D eigenvalue weighted by Gasteiger charge is 2.18. The predicted octanol–water partition coefficient (Wildman–Crippen LogP) is 4.38. The van der Waals surface area contributed by atoms with Gasteiger partial charge in [0.1, 0.15) is 5.75 Å². The standard InChI is InChI=1S/C19H22ClNO2/c1-3-14-9-11-16(12-10-14)23-18(4-2)19(22)21-13-15-7-5-6-8-17(15)20/h5-12,18H,3-4,13H2,1-2H3,(H,21,22)/t18-/m1/s1. The Balaban J connectivity index is 1.94. The maximum Gasteiger partial charge on any atom is 0.261 e. The van der Waals surface area contributed by atoms with E-state index in [1.165, 1.54) is 5.56 Å². The zero-order valence-corrected chi connectivity index (χ0v) is 14.3. The van der Waals surface area contributed by atoms with Gasteiger partial charge in [-0.15, -0.1) is 0 Å². The highest BCUT2D eigenvalue weighted by atomic mass is 35.5. The third kappa shape index (κ3) is 5.00. The molecule has 4 heteroatoms. The van der Waals surface area contributed by atoms with Crippen molar-refractivity contribution in [2.45, 2.75) is 39.3 Å². The molecule has 0 radical (unpaired) electrons. The van der Waals surface area contributed by atoms with Crippen LogP contribution in [0.3, 0.4) is 0 Å². The molecular weight excluding hydrogens is 310 g/mol. The summed E-state index contributed by atoms with van der Waals surface area (Å²) in [4.78, 5) is 12.3. The number of rotatable bonds is 7. The van der Waals surface area contributed by atoms with Gasteiger partial charge in [0.05, 0.1) is 0 Å². The monoisotopic (exact) mass is 331 g/mol. The van der Waals surface area contributed by atoms with Gasteiger partial charge in [-0.1, -0.05) is 55.8 Å². The molecule has 122 valence electrons. The van der Waals surface area contributed by atoms with Crippen LogP contribution in [0.25, 0.3) is 0 Å². The van der Waals surface area contributed by atoms with Crippen molar-refractivity contribution in [1.82, 2.24) is 5.32 Å². The van der Waals surface area contributed by atoms with E-state index in [0.717, 1.165) is 12.0 Å². The topological polar surface area (TPSA) is 38.3 Å². The maximum atomic E-state index is 12.3. The summed E-state index contributed by atoms with van der Waals surface area (Å²) in [6.07, 6.45) is 1.07. The van der Waals surface area contributed by atoms with E-state index in [9.17, 15) is 4.79 Å². The lowest BCUT2D eigenvalue weighted by molar-refractivity contribution is -0.128. The summed E-state index contributed by atoms with van der Waals surface area (Å²) in [6, 6.07) is 15.3. The minimum Gasteiger partial charge on any atom is -0.481 e. The number of carbonyl (C=O) groups excluding carboxylic acids is 1. The molecule has 2 aromatic carbocycles. The number of benzene rings is 2. The Morgan fingerprint density at radius 3 is 2.43 bits per heavy atom. The molecule has 0 aliphatic heterocycles. The average molecular weight is 332 g/mol. The largest absolute Gasteiger partial charge is 0.481 e. The van der Waals surface area contributed by atoms with E-state index in [1.54, 1.807) is 0 Å². The smallest absolute Gasteiger partial charge is 0.261 e. The fourth-order valence-electron chi connectivity index (χ4n) is 2.23. The van der Waals surface area contributed by atoms with Crippen molar-refractivity contribution in [2.24, 2.45) is 0 Å². The zero-order chi connectivity index (χ0) is 16.7. The fraction of sp³-hybridized carbons (Fsp3) is 0.316. The first kappa shape index (κ1) is 17.4. The van der Waals surface area contributed by atoms with E-state index in [-0.39, 0.29) is 5.91 Å². The number of amides is 1. The fourth-order valence-corrected chi connectivity index (χ4v) is 2.43. The zero-order valence-electron chi connectivity index (χ0n) is 13.5. The van der Waals surface area contributed by atoms with Gasteiger partial charge >= 0.3 is 0 Å². The van der Waals surface area contributed by atoms with Crippen LogP contribution >= 0.6 is 11.6 Å². The van der Waals surface area contributed by atoms with Gasteiger partial charge in [0, 0.05) is 11.6 Å². The molecule has 2 aromatic rings. The lowest BCUT2D eigenvalue weighted by Gasteiger charge is -2.17. The normalized spacial score (nSPS) is 11.8. The van der Waals surface area contributed by atoms with Crippen LogP contribution in [-0.2, 0) is 17.8 Å². The van der Waals surface area contributed by atoms with Crippen molar-refractivity contribution in [3.05, 3.63) is 64.7 Å². The number of carbonyl (C=O) groups is 1. The average Bonchev–Trinajstić information content (AvgIpc) is 2.59. The number of hydrogen-bond donors (Lipinski definition) is 1. The molecule has 1 N–H and O–H groups in total. The molecule has 0 saturated carbocycles. The quantitative estimate of drug-likeness (QED) is 0.817. The van der Waals surface area contributed by atoms with Crippen LogP contribution < -0.4 is 10.1 Å². The molecule has 0 bridgehead atoms. The van der Waals surface area contributed by atoms with Gasteiger partial charge in [-0.2, -0.15) is 0 Å². The summed E-state index contributed by atoms with van der Waals surface area (Å²) in [7, 11) is 0. The summed E-state index contributed by atoms with van der Waals surface area (Å²) in [5.74, 6) is 0.578. The minimum atomic E-state index is -0.509. The summed E-state index contributed by atoms with van der Waals surface area (Å²) in [5, 5.41) is 3.54. The lowest BCUT2D eigenvalue weighted by Crippen LogP contribution is -2.37. The Morgan fingerprint density at radius 2 is 1.83 bits per heavy atom. The van der Waals surface area contributed by atoms with Crippen LogP contribution in [0.1, 0.15) is 31.4 Å². The molecule has 1 atom stereocenters. The van der Waals surface area contributed by atoms with Crippen molar-refractivity contribution in [1.29, 1.82) is 0 Å². The van der Waals surface area contributed by atoms with Crippen molar-refractivity contribution >= 4 is 17.5 Å². The molecule has 0 unspecified atom stereocenters. The van der Waals surface area contributed by atoms with Gasteiger partial charge in [0.25, 0.3) is 5.91 Å². The Bertz CT molecular complexity index is 640. The molecule has 1 amide bonds. The van der Waals surface area contributed by atoms with Gasteiger partial charge in [0.2, 0.25) is 0 Å². The summed E-state index contributed by atoms with van der Waals surface area (Å²) >= 11 is 6.10. The lowest BCUT2D eigenvalue weighted by atomic mass is 10.1. The highest BCUT2D eigenvalue weighted by Crippen LogP contribution is 2.17. The number of ether oxygens (including phenoxy) is 1. The molecule has 0 fully saturated rings. The summed E-state index contributed by atoms with van der Waals surface area (Å²) < 4.78 is 5.80. The van der Waals surface area contributed by atoms with Gasteiger partial charge in [-0.3, -0.25) is 4.79 Å². The van der Waals surface area contributed by atoms with E-state index in [0.29, 0.717) is 23.7 Å². The Morgan fingerprint density at radius 1 is 1.13 bits per heavy atom. The van der Waals surface area contributed by atoms with Crippen LogP contribution in [0.2, 0.25) is 5.02 Å². The minimum absolute atomic E-state index is 0.132. The molecule has 2 rings (SSSR count). The molecule has 3 nitrogen and oxygen atoms in total. The number of hydrogen-bond acceptors (Lipinski definition) is 2. The second-order valence-corrected chi connectivity index (χ2v) is 5.73. The van der Waals surface area contributed by atoms with E-state index >= 15 is 0 Å². The molecule has 0 heterocycles. The Hall–Kier alpha value is -2.00. The van der Waals surface area contributed by atoms with E-state index < -0.39 is 6.10 Å². The van der Waals surface area contributed by atoms with Crippen LogP contribution in [-0.4, -0.2) is 12.0 Å². The second-order valence-electron chi connectivity index (χ2n) is 5.32. The molecule has 0 saturated heterocycles. The van der Waals surface area contributed by atoms with Crippen LogP contribution in [0, 0.1) is 0 Å². The van der Waals surface area contributed by atoms with Gasteiger partial charge in [0.15, 0.2) is 6.10 Å². The third-order valence-corrected chi connectivity index (χ3v) is 4.05. The van der Waals surface area contributed by atoms with Crippen molar-refractivity contribution in [3.8, 4) is 5.75 Å². The number of aryl methyl sites for hydroxylation is 1. The van der Waals surface area contributed by atoms with E-state index in [4.69, 9.17) is 16.3 Å². The second kappa shape index (κ2) is 8.59. The summed E-state index contributed by atoms with van der Waals surface area (Å²) in [5.41, 5.74) is 2.14. The first-order valence-corrected chi connectivity index (χ1v) is 8.28. The van der Waals surface area contributed by atoms with E-state index in [2.05, 4.69) is 12.2 Å². The van der Waals surface area contributed by atoms with Gasteiger partial charge in [-0.25, -0.2) is 0 Å². The first-order valence-electron chi connectivity index (χ1n) is 7.90. The molecule has 0 spiro atoms. The van der Waals surface area contributed by atoms with Crippen molar-refractivity contribution in [2.75, 3.05) is 0 Å². The Labute approximate surface area is 142 Å². The van der Waals surface area contributed by atoms with Crippen LogP contribution in [0.4, 0.5) is 0 Å². The molecule has 0 aliphatic carbocycles. The van der Waals surface area contributed by atoms with Crippen LogP contribution in [0.15, 0.2) is 48.5 Å². The highest BCUT2D eigenvalue weighted by molar-refractivity contribution is 6.31. The van der Waals surface area contributed by atoms with Crippen LogP contribution in [0.5, 0.6) is 5.75 Å². The predicted molar refractivity (Wildman–Crippen MR) is 93.8 cm³/mol. The first-order chi connectivity index (χ1) is 11.1. The SMILES string of the molecule is CCc1ccc(O[C@H](CC)C(=O)NCc2ccccc2Cl)cc1. The molecule has 23 heavy (non-hydrogen) atoms. The number of halogens is 1. The van der Waals surface area contributed by atoms with Gasteiger partial charge in [-0.05, 0) is 42.2 Å². The Kier molecular flexibility index (Phi) is 6.48. The van der Waals surface area contributed by atoms with Gasteiger partial charge < -0.3 is 10.1 Å². The van der Waals surface area contributed by atoms with Crippen molar-refractivity contribution in [3.63, 3.8) is 0 Å². The molecule has 0 aromatic heterocycles. The molecule has 0 aliphatic rings. The summed E-state index contributed by atoms with van der Waals surface area (Å²) in [6.45, 7) is 4.43. The molecular formula is C19H22ClNO2. The maximum absolute atomic E-state index is 12.3.